The van der Waals surface area contributed by atoms with Gasteiger partial charge in [0, 0.05) is 6.07 Å². The van der Waals surface area contributed by atoms with Gasteiger partial charge in [0.2, 0.25) is 5.88 Å². The van der Waals surface area contributed by atoms with Gasteiger partial charge in [0.05, 0.1) is 25.3 Å². The molecule has 5 heteroatoms. The van der Waals surface area contributed by atoms with Crippen molar-refractivity contribution in [3.63, 3.8) is 0 Å². The smallest absolute Gasteiger partial charge is 0.354 e. The van der Waals surface area contributed by atoms with Gasteiger partial charge in [0.15, 0.2) is 0 Å². The standard InChI is InChI=1S/C12H14N2O3/c1-4-7-5-10(16-2)13-8-6-9(12(15)17-3)14-11(7)8/h5-6,14H,4H2,1-3H3. The first-order chi connectivity index (χ1) is 8.19. The van der Waals surface area contributed by atoms with Crippen molar-refractivity contribution in [3.8, 4) is 5.88 Å². The first-order valence-electron chi connectivity index (χ1n) is 5.34. The minimum absolute atomic E-state index is 0.399. The summed E-state index contributed by atoms with van der Waals surface area (Å²) in [7, 11) is 2.92. The van der Waals surface area contributed by atoms with Crippen LogP contribution < -0.4 is 4.74 Å². The summed E-state index contributed by atoms with van der Waals surface area (Å²) in [5.41, 5.74) is 3.02. The van der Waals surface area contributed by atoms with Crippen molar-refractivity contribution in [2.24, 2.45) is 0 Å². The molecule has 0 spiro atoms. The van der Waals surface area contributed by atoms with Crippen molar-refractivity contribution < 1.29 is 14.3 Å². The van der Waals surface area contributed by atoms with Crippen LogP contribution in [0, 0.1) is 0 Å². The van der Waals surface area contributed by atoms with E-state index in [1.54, 1.807) is 13.2 Å². The molecule has 17 heavy (non-hydrogen) atoms. The average Bonchev–Trinajstić information content (AvgIpc) is 2.80. The van der Waals surface area contributed by atoms with Crippen molar-refractivity contribution in [2.75, 3.05) is 14.2 Å². The average molecular weight is 234 g/mol. The molecule has 0 aliphatic carbocycles. The number of hydrogen-bond donors (Lipinski definition) is 1. The highest BCUT2D eigenvalue weighted by atomic mass is 16.5. The Labute approximate surface area is 98.8 Å². The number of nitrogens with zero attached hydrogens (tertiary/aromatic N) is 1. The van der Waals surface area contributed by atoms with Gasteiger partial charge in [-0.3, -0.25) is 0 Å². The number of H-pyrrole nitrogens is 1. The first-order valence-corrected chi connectivity index (χ1v) is 5.34. The maximum absolute atomic E-state index is 11.4. The Bertz CT molecular complexity index is 560. The predicted octanol–water partition coefficient (Wildman–Crippen LogP) is 1.92. The third-order valence-corrected chi connectivity index (χ3v) is 2.64. The molecule has 0 unspecified atom stereocenters. The van der Waals surface area contributed by atoms with E-state index in [0.717, 1.165) is 17.5 Å². The maximum atomic E-state index is 11.4. The lowest BCUT2D eigenvalue weighted by Gasteiger charge is -2.03. The minimum Gasteiger partial charge on any atom is -0.481 e. The van der Waals surface area contributed by atoms with Crippen LogP contribution in [-0.2, 0) is 11.2 Å². The van der Waals surface area contributed by atoms with Crippen molar-refractivity contribution >= 4 is 17.0 Å². The summed E-state index contributed by atoms with van der Waals surface area (Å²) < 4.78 is 9.79. The highest BCUT2D eigenvalue weighted by Crippen LogP contribution is 2.23. The second kappa shape index (κ2) is 4.45. The van der Waals surface area contributed by atoms with Gasteiger partial charge in [-0.25, -0.2) is 9.78 Å². The molecule has 1 N–H and O–H groups in total. The number of hydrogen-bond acceptors (Lipinski definition) is 4. The topological polar surface area (TPSA) is 64.2 Å². The zero-order chi connectivity index (χ0) is 12.4. The maximum Gasteiger partial charge on any atom is 0.354 e. The highest BCUT2D eigenvalue weighted by Gasteiger charge is 2.13. The van der Waals surface area contributed by atoms with Gasteiger partial charge in [-0.2, -0.15) is 0 Å². The monoisotopic (exact) mass is 234 g/mol. The van der Waals surface area contributed by atoms with Gasteiger partial charge in [0.25, 0.3) is 0 Å². The predicted molar refractivity (Wildman–Crippen MR) is 63.4 cm³/mol. The molecular weight excluding hydrogens is 220 g/mol. The summed E-state index contributed by atoms with van der Waals surface area (Å²) in [6.07, 6.45) is 0.830. The third-order valence-electron chi connectivity index (χ3n) is 2.64. The molecule has 2 rings (SSSR count). The largest absolute Gasteiger partial charge is 0.481 e. The molecule has 0 atom stereocenters. The van der Waals surface area contributed by atoms with E-state index >= 15 is 0 Å². The molecule has 0 aliphatic rings. The molecule has 2 aromatic rings. The molecule has 0 saturated carbocycles. The summed E-state index contributed by atoms with van der Waals surface area (Å²) in [4.78, 5) is 18.7. The second-order valence-corrected chi connectivity index (χ2v) is 3.61. The zero-order valence-corrected chi connectivity index (χ0v) is 10.0. The Morgan fingerprint density at radius 3 is 2.76 bits per heavy atom. The van der Waals surface area contributed by atoms with Gasteiger partial charge >= 0.3 is 5.97 Å². The second-order valence-electron chi connectivity index (χ2n) is 3.61. The molecule has 2 heterocycles. The Balaban J connectivity index is 2.62. The number of nitrogens with one attached hydrogen (secondary N) is 1. The number of pyridine rings is 1. The van der Waals surface area contributed by atoms with Crippen LogP contribution in [0.2, 0.25) is 0 Å². The fourth-order valence-electron chi connectivity index (χ4n) is 1.75. The van der Waals surface area contributed by atoms with Crippen LogP contribution in [0.25, 0.3) is 11.0 Å². The molecule has 0 aromatic carbocycles. The summed E-state index contributed by atoms with van der Waals surface area (Å²) >= 11 is 0. The molecular formula is C12H14N2O3. The van der Waals surface area contributed by atoms with Gasteiger partial charge in [-0.1, -0.05) is 6.92 Å². The van der Waals surface area contributed by atoms with Crippen molar-refractivity contribution in [1.29, 1.82) is 0 Å². The number of esters is 1. The summed E-state index contributed by atoms with van der Waals surface area (Å²) in [5.74, 6) is 0.147. The van der Waals surface area contributed by atoms with Gasteiger partial charge in [-0.05, 0) is 18.1 Å². The van der Waals surface area contributed by atoms with E-state index < -0.39 is 5.97 Å². The van der Waals surface area contributed by atoms with Crippen LogP contribution in [-0.4, -0.2) is 30.2 Å². The molecule has 0 amide bonds. The molecule has 5 nitrogen and oxygen atoms in total. The lowest BCUT2D eigenvalue weighted by molar-refractivity contribution is 0.0595. The quantitative estimate of drug-likeness (QED) is 0.824. The van der Waals surface area contributed by atoms with Crippen LogP contribution in [0.1, 0.15) is 23.0 Å². The van der Waals surface area contributed by atoms with Crippen molar-refractivity contribution in [1.82, 2.24) is 9.97 Å². The number of methoxy groups -OCH3 is 2. The first kappa shape index (κ1) is 11.4. The van der Waals surface area contributed by atoms with E-state index in [-0.39, 0.29) is 0 Å². The number of rotatable bonds is 3. The SMILES string of the molecule is CCc1cc(OC)nc2cc(C(=O)OC)[nH]c12. The van der Waals surface area contributed by atoms with Crippen LogP contribution in [0.15, 0.2) is 12.1 Å². The zero-order valence-electron chi connectivity index (χ0n) is 10.0. The van der Waals surface area contributed by atoms with E-state index in [0.29, 0.717) is 17.1 Å². The molecule has 2 aromatic heterocycles. The number of ether oxygens (including phenoxy) is 2. The summed E-state index contributed by atoms with van der Waals surface area (Å²) in [6.45, 7) is 2.03. The minimum atomic E-state index is -0.399. The molecule has 90 valence electrons. The number of carbonyl (C=O) groups excluding carboxylic acids is 1. The van der Waals surface area contributed by atoms with Crippen LogP contribution >= 0.6 is 0 Å². The number of aromatic amines is 1. The number of carbonyl (C=O) groups is 1. The van der Waals surface area contributed by atoms with Gasteiger partial charge in [0.1, 0.15) is 5.69 Å². The van der Waals surface area contributed by atoms with Crippen LogP contribution in [0.4, 0.5) is 0 Å². The van der Waals surface area contributed by atoms with E-state index in [1.807, 2.05) is 13.0 Å². The van der Waals surface area contributed by atoms with Crippen LogP contribution in [0.5, 0.6) is 5.88 Å². The van der Waals surface area contributed by atoms with Gasteiger partial charge < -0.3 is 14.5 Å². The molecule has 0 radical (unpaired) electrons. The Morgan fingerprint density at radius 1 is 1.41 bits per heavy atom. The van der Waals surface area contributed by atoms with E-state index in [9.17, 15) is 4.79 Å². The van der Waals surface area contributed by atoms with Crippen molar-refractivity contribution in [3.05, 3.63) is 23.4 Å². The normalized spacial score (nSPS) is 10.5. The number of aromatic nitrogens is 2. The Kier molecular flexibility index (Phi) is 2.99. The Hall–Kier alpha value is -2.04. The molecule has 0 saturated heterocycles. The summed E-state index contributed by atoms with van der Waals surface area (Å²) in [6, 6.07) is 3.53. The lowest BCUT2D eigenvalue weighted by atomic mass is 10.2. The molecule has 0 aliphatic heterocycles. The number of aryl methyl sites for hydroxylation is 1. The van der Waals surface area contributed by atoms with Gasteiger partial charge in [-0.15, -0.1) is 0 Å². The number of fused-ring (bicyclic) bond motifs is 1. The lowest BCUT2D eigenvalue weighted by Crippen LogP contribution is -2.00. The van der Waals surface area contributed by atoms with E-state index in [4.69, 9.17) is 4.74 Å². The van der Waals surface area contributed by atoms with Crippen LogP contribution in [0.3, 0.4) is 0 Å². The van der Waals surface area contributed by atoms with E-state index in [2.05, 4.69) is 14.7 Å². The Morgan fingerprint density at radius 2 is 2.18 bits per heavy atom. The summed E-state index contributed by atoms with van der Waals surface area (Å²) in [5, 5.41) is 0. The molecule has 0 bridgehead atoms. The van der Waals surface area contributed by atoms with E-state index in [1.165, 1.54) is 7.11 Å². The molecule has 0 fully saturated rings. The van der Waals surface area contributed by atoms with Crippen molar-refractivity contribution in [2.45, 2.75) is 13.3 Å². The highest BCUT2D eigenvalue weighted by molar-refractivity contribution is 5.94. The fourth-order valence-corrected chi connectivity index (χ4v) is 1.75. The fraction of sp³-hybridized carbons (Fsp3) is 0.333. The third kappa shape index (κ3) is 1.95.